The number of carbonyl (C=O) groups excluding carboxylic acids is 1. The molecule has 1 heterocycles. The number of aliphatic imine (C=N–C) groups is 1. The average Bonchev–Trinajstić information content (AvgIpc) is 3.06. The molecule has 1 aromatic heterocycles. The number of thioether (sulfide) groups is 1. The Hall–Kier alpha value is -4.09. The maximum absolute atomic E-state index is 13.0. The van der Waals surface area contributed by atoms with Crippen molar-refractivity contribution in [2.24, 2.45) is 4.99 Å². The van der Waals surface area contributed by atoms with Crippen LogP contribution in [0.5, 0.6) is 0 Å². The molecule has 31 heavy (non-hydrogen) atoms. The summed E-state index contributed by atoms with van der Waals surface area (Å²) >= 11 is 1.04. The van der Waals surface area contributed by atoms with Crippen LogP contribution in [0, 0.1) is 17.6 Å². The summed E-state index contributed by atoms with van der Waals surface area (Å²) < 4.78 is 1.46. The van der Waals surface area contributed by atoms with Crippen molar-refractivity contribution in [3.8, 4) is 11.1 Å². The molecular formula is C23H17N5O2S. The number of urea groups is 1. The van der Waals surface area contributed by atoms with Gasteiger partial charge in [0.15, 0.2) is 0 Å². The van der Waals surface area contributed by atoms with Gasteiger partial charge in [-0.1, -0.05) is 36.4 Å². The van der Waals surface area contributed by atoms with Crippen LogP contribution in [-0.2, 0) is 0 Å². The summed E-state index contributed by atoms with van der Waals surface area (Å²) in [5.74, 6) is 0. The maximum Gasteiger partial charge on any atom is 0.345 e. The molecule has 2 amide bonds. The van der Waals surface area contributed by atoms with Gasteiger partial charge < -0.3 is 5.32 Å². The van der Waals surface area contributed by atoms with E-state index in [0.717, 1.165) is 33.1 Å². The third-order valence-corrected chi connectivity index (χ3v) is 5.30. The van der Waals surface area contributed by atoms with Crippen molar-refractivity contribution in [3.63, 3.8) is 0 Å². The second kappa shape index (κ2) is 8.73. The molecule has 0 bridgehead atoms. The summed E-state index contributed by atoms with van der Waals surface area (Å²) in [4.78, 5) is 29.8. The summed E-state index contributed by atoms with van der Waals surface area (Å²) in [5, 5.41) is 18.3. The predicted octanol–water partition coefficient (Wildman–Crippen LogP) is 4.85. The molecule has 0 spiro atoms. The highest BCUT2D eigenvalue weighted by Crippen LogP contribution is 2.21. The lowest BCUT2D eigenvalue weighted by atomic mass is 10.1. The van der Waals surface area contributed by atoms with Crippen molar-refractivity contribution >= 4 is 40.5 Å². The zero-order chi connectivity index (χ0) is 21.8. The molecule has 3 aromatic carbocycles. The molecule has 0 aliphatic rings. The lowest BCUT2D eigenvalue weighted by Crippen LogP contribution is -2.18. The van der Waals surface area contributed by atoms with Gasteiger partial charge in [0.05, 0.1) is 11.3 Å². The van der Waals surface area contributed by atoms with E-state index in [-0.39, 0.29) is 5.56 Å². The fraction of sp³-hybridized carbons (Fsp3) is 0.0435. The van der Waals surface area contributed by atoms with Gasteiger partial charge in [-0.05, 0) is 54.4 Å². The van der Waals surface area contributed by atoms with Crippen molar-refractivity contribution < 1.29 is 4.79 Å². The van der Waals surface area contributed by atoms with Gasteiger partial charge in [0, 0.05) is 27.9 Å². The number of aromatic nitrogens is 2. The Kier molecular flexibility index (Phi) is 5.69. The van der Waals surface area contributed by atoms with Crippen LogP contribution in [0.4, 0.5) is 10.5 Å². The topological polar surface area (TPSA) is 103 Å². The van der Waals surface area contributed by atoms with E-state index in [0.29, 0.717) is 16.9 Å². The number of aryl methyl sites for hydroxylation is 1. The Morgan fingerprint density at radius 1 is 1.13 bits per heavy atom. The van der Waals surface area contributed by atoms with Gasteiger partial charge >= 0.3 is 6.03 Å². The Morgan fingerprint density at radius 2 is 1.87 bits per heavy atom. The van der Waals surface area contributed by atoms with E-state index in [2.05, 4.69) is 15.4 Å². The number of H-pyrrole nitrogens is 1. The van der Waals surface area contributed by atoms with Crippen LogP contribution in [0.3, 0.4) is 0 Å². The Balaban J connectivity index is 1.57. The van der Waals surface area contributed by atoms with Gasteiger partial charge in [0.2, 0.25) is 0 Å². The number of aromatic amines is 1. The molecular weight excluding hydrogens is 410 g/mol. The first-order valence-corrected chi connectivity index (χ1v) is 10.2. The van der Waals surface area contributed by atoms with Gasteiger partial charge in [-0.3, -0.25) is 9.89 Å². The van der Waals surface area contributed by atoms with E-state index in [9.17, 15) is 9.59 Å². The number of thiocyanates is 1. The van der Waals surface area contributed by atoms with E-state index in [1.807, 2.05) is 47.9 Å². The standard InChI is InChI=1S/C23H17N5O2S/c1-15-20(13-25-23(30)26-17-9-11-18(12-10-17)31-14-24)22(29)28(27-15)21-8-4-6-16-5-2-3-7-19(16)21/h2-13,27H,1H3,(H,26,30). The summed E-state index contributed by atoms with van der Waals surface area (Å²) in [6.07, 6.45) is 1.27. The molecule has 0 aliphatic heterocycles. The van der Waals surface area contributed by atoms with Crippen LogP contribution in [0.25, 0.3) is 16.5 Å². The second-order valence-corrected chi connectivity index (χ2v) is 7.55. The van der Waals surface area contributed by atoms with Crippen LogP contribution in [0.15, 0.2) is 81.4 Å². The quantitative estimate of drug-likeness (QED) is 0.276. The summed E-state index contributed by atoms with van der Waals surface area (Å²) in [6, 6.07) is 19.8. The number of nitrogens with one attached hydrogen (secondary N) is 2. The summed E-state index contributed by atoms with van der Waals surface area (Å²) in [5.41, 5.74) is 1.90. The van der Waals surface area contributed by atoms with Crippen molar-refractivity contribution in [1.29, 1.82) is 5.26 Å². The van der Waals surface area contributed by atoms with Gasteiger partial charge in [-0.2, -0.15) is 5.26 Å². The number of amides is 2. The van der Waals surface area contributed by atoms with Crippen LogP contribution in [-0.4, -0.2) is 22.0 Å². The van der Waals surface area contributed by atoms with Gasteiger partial charge in [0.25, 0.3) is 5.56 Å². The molecule has 0 radical (unpaired) electrons. The number of anilines is 1. The minimum atomic E-state index is -0.600. The molecule has 0 aliphatic carbocycles. The van der Waals surface area contributed by atoms with Gasteiger partial charge in [-0.25, -0.2) is 14.5 Å². The van der Waals surface area contributed by atoms with Crippen LogP contribution in [0.2, 0.25) is 0 Å². The first kappa shape index (κ1) is 20.2. The van der Waals surface area contributed by atoms with Crippen molar-refractivity contribution in [3.05, 3.63) is 88.3 Å². The molecule has 0 unspecified atom stereocenters. The SMILES string of the molecule is Cc1[nH]n(-c2cccc3ccccc23)c(=O)c1C=NC(=O)Nc1ccc(SC#N)cc1. The molecule has 2 N–H and O–H groups in total. The molecule has 7 nitrogen and oxygen atoms in total. The Morgan fingerprint density at radius 3 is 2.65 bits per heavy atom. The number of nitriles is 1. The predicted molar refractivity (Wildman–Crippen MR) is 123 cm³/mol. The number of carbonyl (C=O) groups is 1. The largest absolute Gasteiger partial charge is 0.345 e. The normalized spacial score (nSPS) is 11.0. The zero-order valence-electron chi connectivity index (χ0n) is 16.5. The minimum Gasteiger partial charge on any atom is -0.306 e. The number of nitrogens with zero attached hydrogens (tertiary/aromatic N) is 3. The highest BCUT2D eigenvalue weighted by atomic mass is 32.2. The van der Waals surface area contributed by atoms with Crippen molar-refractivity contribution in [2.75, 3.05) is 5.32 Å². The minimum absolute atomic E-state index is 0.289. The van der Waals surface area contributed by atoms with Crippen LogP contribution >= 0.6 is 11.8 Å². The highest BCUT2D eigenvalue weighted by molar-refractivity contribution is 8.03. The van der Waals surface area contributed by atoms with E-state index >= 15 is 0 Å². The van der Waals surface area contributed by atoms with Gasteiger partial charge in [0.1, 0.15) is 5.40 Å². The molecule has 152 valence electrons. The lowest BCUT2D eigenvalue weighted by Gasteiger charge is -2.06. The number of benzene rings is 3. The van der Waals surface area contributed by atoms with Crippen LogP contribution < -0.4 is 10.9 Å². The fourth-order valence-electron chi connectivity index (χ4n) is 3.22. The molecule has 0 saturated carbocycles. The van der Waals surface area contributed by atoms with E-state index in [1.165, 1.54) is 10.9 Å². The van der Waals surface area contributed by atoms with E-state index in [1.54, 1.807) is 31.2 Å². The Bertz CT molecular complexity index is 1390. The number of rotatable bonds is 4. The first-order valence-electron chi connectivity index (χ1n) is 9.37. The fourth-order valence-corrected chi connectivity index (χ4v) is 3.60. The van der Waals surface area contributed by atoms with Crippen molar-refractivity contribution in [1.82, 2.24) is 9.78 Å². The smallest absolute Gasteiger partial charge is 0.306 e. The summed E-state index contributed by atoms with van der Waals surface area (Å²) in [6.45, 7) is 1.76. The van der Waals surface area contributed by atoms with E-state index in [4.69, 9.17) is 5.26 Å². The monoisotopic (exact) mass is 427 g/mol. The molecule has 4 aromatic rings. The molecule has 8 heteroatoms. The van der Waals surface area contributed by atoms with E-state index < -0.39 is 6.03 Å². The third kappa shape index (κ3) is 4.27. The second-order valence-electron chi connectivity index (χ2n) is 6.70. The molecule has 0 fully saturated rings. The molecule has 4 rings (SSSR count). The number of fused-ring (bicyclic) bond motifs is 1. The van der Waals surface area contributed by atoms with Gasteiger partial charge in [-0.15, -0.1) is 0 Å². The zero-order valence-corrected chi connectivity index (χ0v) is 17.3. The van der Waals surface area contributed by atoms with Crippen LogP contribution in [0.1, 0.15) is 11.3 Å². The average molecular weight is 427 g/mol. The lowest BCUT2D eigenvalue weighted by molar-refractivity contribution is 0.259. The molecule has 0 atom stereocenters. The maximum atomic E-state index is 13.0. The number of hydrogen-bond donors (Lipinski definition) is 2. The Labute approximate surface area is 182 Å². The first-order chi connectivity index (χ1) is 15.1. The molecule has 0 saturated heterocycles. The van der Waals surface area contributed by atoms with Crippen molar-refractivity contribution in [2.45, 2.75) is 11.8 Å². The summed E-state index contributed by atoms with van der Waals surface area (Å²) in [7, 11) is 0. The highest BCUT2D eigenvalue weighted by Gasteiger charge is 2.13. The third-order valence-electron chi connectivity index (χ3n) is 4.70. The number of hydrogen-bond acceptors (Lipinski definition) is 4.